The zero-order chi connectivity index (χ0) is 10.3. The van der Waals surface area contributed by atoms with E-state index in [1.165, 1.54) is 4.57 Å². The average Bonchev–Trinajstić information content (AvgIpc) is 2.23. The van der Waals surface area contributed by atoms with Gasteiger partial charge >= 0.3 is 0 Å². The summed E-state index contributed by atoms with van der Waals surface area (Å²) in [5, 5.41) is 10.3. The van der Waals surface area contributed by atoms with Gasteiger partial charge in [-0.15, -0.1) is 0 Å². The van der Waals surface area contributed by atoms with Crippen LogP contribution in [0.25, 0.3) is 10.9 Å². The Morgan fingerprint density at radius 3 is 2.71 bits per heavy atom. The summed E-state index contributed by atoms with van der Waals surface area (Å²) in [4.78, 5) is 11.5. The van der Waals surface area contributed by atoms with Gasteiger partial charge in [0.1, 0.15) is 5.75 Å². The highest BCUT2D eigenvalue weighted by Crippen LogP contribution is 2.24. The molecule has 14 heavy (non-hydrogen) atoms. The highest BCUT2D eigenvalue weighted by Gasteiger charge is 2.09. The third kappa shape index (κ3) is 1.02. The maximum Gasteiger partial charge on any atom is 0.257 e. The largest absolute Gasteiger partial charge is 0.507 e. The van der Waals surface area contributed by atoms with E-state index in [1.54, 1.807) is 19.2 Å². The van der Waals surface area contributed by atoms with Crippen LogP contribution in [0.1, 0.15) is 5.56 Å². The molecule has 1 heterocycles. The van der Waals surface area contributed by atoms with E-state index in [2.05, 4.69) is 6.92 Å². The van der Waals surface area contributed by atoms with Crippen LogP contribution in [0.15, 0.2) is 29.1 Å². The molecular formula is C11H10NO2. The van der Waals surface area contributed by atoms with Crippen molar-refractivity contribution in [3.8, 4) is 5.75 Å². The van der Waals surface area contributed by atoms with E-state index in [0.717, 1.165) is 0 Å². The molecule has 1 aromatic carbocycles. The molecular weight excluding hydrogens is 178 g/mol. The van der Waals surface area contributed by atoms with E-state index in [1.807, 2.05) is 12.1 Å². The van der Waals surface area contributed by atoms with Crippen LogP contribution >= 0.6 is 0 Å². The minimum Gasteiger partial charge on any atom is -0.507 e. The van der Waals surface area contributed by atoms with Gasteiger partial charge in [-0.2, -0.15) is 0 Å². The first kappa shape index (κ1) is 8.81. The van der Waals surface area contributed by atoms with Crippen molar-refractivity contribution in [3.63, 3.8) is 0 Å². The summed E-state index contributed by atoms with van der Waals surface area (Å²) < 4.78 is 1.48. The topological polar surface area (TPSA) is 42.2 Å². The molecule has 1 N–H and O–H groups in total. The summed E-state index contributed by atoms with van der Waals surface area (Å²) in [7, 11) is 1.67. The Labute approximate surface area is 81.2 Å². The summed E-state index contributed by atoms with van der Waals surface area (Å²) in [5.41, 5.74) is 0.592. The van der Waals surface area contributed by atoms with Crippen molar-refractivity contribution >= 4 is 10.9 Å². The zero-order valence-electron chi connectivity index (χ0n) is 7.82. The van der Waals surface area contributed by atoms with Gasteiger partial charge < -0.3 is 9.67 Å². The maximum absolute atomic E-state index is 11.5. The standard InChI is InChI=1S/C11H10NO2/c1-7-10(13)8-5-3-4-6-9(8)12(2)11(7)14/h3-6,13H,1H2,2H3. The number of aromatic nitrogens is 1. The third-order valence-corrected chi connectivity index (χ3v) is 2.37. The van der Waals surface area contributed by atoms with E-state index in [9.17, 15) is 9.90 Å². The van der Waals surface area contributed by atoms with E-state index in [0.29, 0.717) is 10.9 Å². The Morgan fingerprint density at radius 1 is 1.36 bits per heavy atom. The second-order valence-electron chi connectivity index (χ2n) is 3.21. The lowest BCUT2D eigenvalue weighted by Gasteiger charge is -2.08. The summed E-state index contributed by atoms with van der Waals surface area (Å²) in [6.45, 7) is 3.55. The first-order chi connectivity index (χ1) is 6.63. The number of para-hydroxylation sites is 1. The molecule has 3 heteroatoms. The molecule has 2 aromatic rings. The summed E-state index contributed by atoms with van der Waals surface area (Å²) in [6, 6.07) is 7.19. The Hall–Kier alpha value is -1.77. The summed E-state index contributed by atoms with van der Waals surface area (Å²) in [5.74, 6) is -0.0244. The number of fused-ring (bicyclic) bond motifs is 1. The van der Waals surface area contributed by atoms with Gasteiger partial charge in [0.05, 0.1) is 11.1 Å². The van der Waals surface area contributed by atoms with Gasteiger partial charge in [-0.3, -0.25) is 4.79 Å². The molecule has 0 atom stereocenters. The lowest BCUT2D eigenvalue weighted by molar-refractivity contribution is 0.477. The van der Waals surface area contributed by atoms with E-state index >= 15 is 0 Å². The Bertz CT molecular complexity index is 555. The summed E-state index contributed by atoms with van der Waals surface area (Å²) in [6.07, 6.45) is 0. The van der Waals surface area contributed by atoms with E-state index < -0.39 is 0 Å². The van der Waals surface area contributed by atoms with Crippen LogP contribution in [0, 0.1) is 6.92 Å². The molecule has 1 aromatic heterocycles. The molecule has 0 fully saturated rings. The minimum atomic E-state index is -0.263. The zero-order valence-corrected chi connectivity index (χ0v) is 7.82. The molecule has 0 bridgehead atoms. The van der Waals surface area contributed by atoms with Crippen molar-refractivity contribution in [3.05, 3.63) is 47.1 Å². The third-order valence-electron chi connectivity index (χ3n) is 2.37. The SMILES string of the molecule is [CH2]c1c(O)c2ccccc2n(C)c1=O. The average molecular weight is 188 g/mol. The molecule has 0 saturated carbocycles. The number of pyridine rings is 1. The quantitative estimate of drug-likeness (QED) is 0.679. The van der Waals surface area contributed by atoms with Crippen LogP contribution in [0.4, 0.5) is 0 Å². The molecule has 0 aliphatic rings. The van der Waals surface area contributed by atoms with Crippen molar-refractivity contribution in [2.24, 2.45) is 7.05 Å². The van der Waals surface area contributed by atoms with Gasteiger partial charge in [-0.25, -0.2) is 0 Å². The summed E-state index contributed by atoms with van der Waals surface area (Å²) >= 11 is 0. The fourth-order valence-corrected chi connectivity index (χ4v) is 1.54. The molecule has 71 valence electrons. The van der Waals surface area contributed by atoms with Crippen LogP contribution in [0.3, 0.4) is 0 Å². The van der Waals surface area contributed by atoms with Gasteiger partial charge in [-0.1, -0.05) is 12.1 Å². The predicted octanol–water partition coefficient (Wildman–Crippen LogP) is 1.43. The van der Waals surface area contributed by atoms with Crippen molar-refractivity contribution < 1.29 is 5.11 Å². The molecule has 3 nitrogen and oxygen atoms in total. The number of rotatable bonds is 0. The van der Waals surface area contributed by atoms with Crippen LogP contribution in [-0.2, 0) is 7.05 Å². The molecule has 0 spiro atoms. The molecule has 0 amide bonds. The van der Waals surface area contributed by atoms with Gasteiger partial charge in [0.15, 0.2) is 0 Å². The van der Waals surface area contributed by atoms with Crippen molar-refractivity contribution in [2.75, 3.05) is 0 Å². The predicted molar refractivity (Wildman–Crippen MR) is 55.3 cm³/mol. The van der Waals surface area contributed by atoms with E-state index in [4.69, 9.17) is 0 Å². The monoisotopic (exact) mass is 188 g/mol. The normalized spacial score (nSPS) is 10.7. The highest BCUT2D eigenvalue weighted by atomic mass is 16.3. The van der Waals surface area contributed by atoms with Gasteiger partial charge in [0.2, 0.25) is 0 Å². The fourth-order valence-electron chi connectivity index (χ4n) is 1.54. The second-order valence-corrected chi connectivity index (χ2v) is 3.21. The first-order valence-corrected chi connectivity index (χ1v) is 4.25. The van der Waals surface area contributed by atoms with Crippen molar-refractivity contribution in [1.29, 1.82) is 0 Å². The van der Waals surface area contributed by atoms with Crippen LogP contribution < -0.4 is 5.56 Å². The molecule has 2 rings (SSSR count). The van der Waals surface area contributed by atoms with Crippen LogP contribution in [-0.4, -0.2) is 9.67 Å². The number of nitrogens with zero attached hydrogens (tertiary/aromatic N) is 1. The molecule has 0 unspecified atom stereocenters. The van der Waals surface area contributed by atoms with E-state index in [-0.39, 0.29) is 16.9 Å². The molecule has 0 aliphatic heterocycles. The van der Waals surface area contributed by atoms with Gasteiger partial charge in [-0.05, 0) is 19.1 Å². The Balaban J connectivity index is 3.10. The lowest BCUT2D eigenvalue weighted by Crippen LogP contribution is -2.19. The molecule has 0 saturated heterocycles. The second kappa shape index (κ2) is 2.87. The number of aryl methyl sites for hydroxylation is 1. The fraction of sp³-hybridized carbons (Fsp3) is 0.0909. The molecule has 1 radical (unpaired) electrons. The number of hydrogen-bond donors (Lipinski definition) is 1. The highest BCUT2D eigenvalue weighted by molar-refractivity contribution is 5.86. The maximum atomic E-state index is 11.5. The smallest absolute Gasteiger partial charge is 0.257 e. The lowest BCUT2D eigenvalue weighted by atomic mass is 10.1. The Morgan fingerprint density at radius 2 is 2.00 bits per heavy atom. The Kier molecular flexibility index (Phi) is 1.81. The number of aromatic hydroxyl groups is 1. The number of benzene rings is 1. The van der Waals surface area contributed by atoms with Gasteiger partial charge in [0, 0.05) is 12.4 Å². The number of hydrogen-bond acceptors (Lipinski definition) is 2. The van der Waals surface area contributed by atoms with Crippen molar-refractivity contribution in [1.82, 2.24) is 4.57 Å². The van der Waals surface area contributed by atoms with Crippen LogP contribution in [0.5, 0.6) is 5.75 Å². The minimum absolute atomic E-state index is 0.0244. The first-order valence-electron chi connectivity index (χ1n) is 4.25. The van der Waals surface area contributed by atoms with Gasteiger partial charge in [0.25, 0.3) is 5.56 Å². The van der Waals surface area contributed by atoms with Crippen LogP contribution in [0.2, 0.25) is 0 Å². The van der Waals surface area contributed by atoms with Crippen molar-refractivity contribution in [2.45, 2.75) is 0 Å². The molecule has 0 aliphatic carbocycles.